The molecule has 2 amide bonds. The van der Waals surface area contributed by atoms with Crippen LogP contribution in [0.2, 0.25) is 5.02 Å². The largest absolute Gasteiger partial charge is 0.352 e. The molecule has 3 aromatic carbocycles. The Morgan fingerprint density at radius 2 is 1.57 bits per heavy atom. The molecule has 1 aliphatic carbocycles. The molecule has 0 aromatic heterocycles. The van der Waals surface area contributed by atoms with E-state index in [9.17, 15) is 18.0 Å². The Morgan fingerprint density at radius 3 is 2.20 bits per heavy atom. The maximum atomic E-state index is 14.0. The van der Waals surface area contributed by atoms with Crippen LogP contribution >= 0.6 is 11.6 Å². The van der Waals surface area contributed by atoms with Gasteiger partial charge in [-0.25, -0.2) is 8.42 Å². The molecule has 1 fully saturated rings. The summed E-state index contributed by atoms with van der Waals surface area (Å²) in [5.74, 6) is -0.722. The summed E-state index contributed by atoms with van der Waals surface area (Å²) in [6.07, 6.45) is 5.14. The Labute approximate surface area is 242 Å². The van der Waals surface area contributed by atoms with Gasteiger partial charge in [-0.3, -0.25) is 13.9 Å². The number of rotatable bonds is 10. The van der Waals surface area contributed by atoms with Gasteiger partial charge in [0.05, 0.1) is 10.6 Å². The molecule has 4 rings (SSSR count). The number of hydrogen-bond donors (Lipinski definition) is 1. The van der Waals surface area contributed by atoms with Crippen LogP contribution in [0.3, 0.4) is 0 Å². The van der Waals surface area contributed by atoms with Crippen LogP contribution in [0.1, 0.15) is 50.2 Å². The first-order chi connectivity index (χ1) is 19.2. The van der Waals surface area contributed by atoms with E-state index in [1.807, 2.05) is 30.3 Å². The van der Waals surface area contributed by atoms with E-state index in [1.165, 1.54) is 17.0 Å². The number of nitrogens with one attached hydrogen (secondary N) is 1. The summed E-state index contributed by atoms with van der Waals surface area (Å²) in [6.45, 7) is 3.13. The predicted octanol–water partition coefficient (Wildman–Crippen LogP) is 5.71. The molecule has 40 heavy (non-hydrogen) atoms. The molecule has 9 heteroatoms. The topological polar surface area (TPSA) is 86.8 Å². The number of carbonyl (C=O) groups excluding carboxylic acids is 2. The molecule has 0 spiro atoms. The van der Waals surface area contributed by atoms with Gasteiger partial charge in [-0.1, -0.05) is 79.4 Å². The third-order valence-electron chi connectivity index (χ3n) is 7.35. The van der Waals surface area contributed by atoms with Gasteiger partial charge in [-0.15, -0.1) is 0 Å². The van der Waals surface area contributed by atoms with Crippen molar-refractivity contribution in [2.75, 3.05) is 10.8 Å². The Kier molecular flexibility index (Phi) is 9.87. The van der Waals surface area contributed by atoms with Gasteiger partial charge in [0.15, 0.2) is 0 Å². The van der Waals surface area contributed by atoms with Crippen LogP contribution in [0.25, 0.3) is 0 Å². The van der Waals surface area contributed by atoms with Gasteiger partial charge in [0.2, 0.25) is 11.8 Å². The average Bonchev–Trinajstić information content (AvgIpc) is 2.96. The molecule has 3 aromatic rings. The van der Waals surface area contributed by atoms with E-state index in [4.69, 9.17) is 11.6 Å². The molecular weight excluding hydrogens is 546 g/mol. The molecule has 0 heterocycles. The van der Waals surface area contributed by atoms with Gasteiger partial charge in [-0.05, 0) is 68.1 Å². The van der Waals surface area contributed by atoms with Crippen LogP contribution < -0.4 is 9.62 Å². The normalized spacial score (nSPS) is 14.8. The van der Waals surface area contributed by atoms with E-state index in [2.05, 4.69) is 5.32 Å². The highest BCUT2D eigenvalue weighted by Gasteiger charge is 2.33. The molecule has 212 valence electrons. The monoisotopic (exact) mass is 581 g/mol. The standard InChI is InChI=1S/C31H36ClN3O4S/c1-23-20-26(32)18-19-29(23)35(40(38,39)28-16-10-5-11-17-28)22-30(36)34(21-25-12-6-3-7-13-25)24(2)31(37)33-27-14-8-4-9-15-27/h3,5-7,10-13,16-20,24,27H,4,8-9,14-15,21-22H2,1-2H3,(H,33,37)/t24-/m1/s1. The highest BCUT2D eigenvalue weighted by Crippen LogP contribution is 2.29. The molecule has 0 unspecified atom stereocenters. The smallest absolute Gasteiger partial charge is 0.264 e. The Hall–Kier alpha value is -3.36. The van der Waals surface area contributed by atoms with E-state index in [0.717, 1.165) is 42.0 Å². The number of benzene rings is 3. The lowest BCUT2D eigenvalue weighted by Gasteiger charge is -2.33. The summed E-state index contributed by atoms with van der Waals surface area (Å²) in [5.41, 5.74) is 1.80. The zero-order chi connectivity index (χ0) is 28.7. The number of amides is 2. The van der Waals surface area contributed by atoms with Crippen molar-refractivity contribution in [2.24, 2.45) is 0 Å². The first kappa shape index (κ1) is 29.6. The lowest BCUT2D eigenvalue weighted by atomic mass is 9.95. The maximum Gasteiger partial charge on any atom is 0.264 e. The Balaban J connectivity index is 1.68. The minimum atomic E-state index is -4.12. The summed E-state index contributed by atoms with van der Waals surface area (Å²) < 4.78 is 28.9. The minimum Gasteiger partial charge on any atom is -0.352 e. The van der Waals surface area contributed by atoms with Crippen molar-refractivity contribution < 1.29 is 18.0 Å². The molecule has 7 nitrogen and oxygen atoms in total. The summed E-state index contributed by atoms with van der Waals surface area (Å²) in [6, 6.07) is 21.5. The van der Waals surface area contributed by atoms with Gasteiger partial charge < -0.3 is 10.2 Å². The lowest BCUT2D eigenvalue weighted by Crippen LogP contribution is -2.53. The van der Waals surface area contributed by atoms with Crippen LogP contribution in [0.15, 0.2) is 83.8 Å². The second-order valence-electron chi connectivity index (χ2n) is 10.3. The van der Waals surface area contributed by atoms with Crippen LogP contribution in [0, 0.1) is 6.92 Å². The highest BCUT2D eigenvalue weighted by atomic mass is 35.5. The molecular formula is C31H36ClN3O4S. The molecule has 1 atom stereocenters. The van der Waals surface area contributed by atoms with Crippen molar-refractivity contribution in [2.45, 2.75) is 69.5 Å². The highest BCUT2D eigenvalue weighted by molar-refractivity contribution is 7.92. The third-order valence-corrected chi connectivity index (χ3v) is 9.36. The number of carbonyl (C=O) groups is 2. The van der Waals surface area contributed by atoms with E-state index in [-0.39, 0.29) is 23.4 Å². The number of aryl methyl sites for hydroxylation is 1. The van der Waals surface area contributed by atoms with Crippen molar-refractivity contribution in [1.82, 2.24) is 10.2 Å². The van der Waals surface area contributed by atoms with Crippen molar-refractivity contribution >= 4 is 39.1 Å². The van der Waals surface area contributed by atoms with Gasteiger partial charge in [0, 0.05) is 17.6 Å². The number of hydrogen-bond acceptors (Lipinski definition) is 4. The van der Waals surface area contributed by atoms with Gasteiger partial charge in [0.1, 0.15) is 12.6 Å². The SMILES string of the molecule is Cc1cc(Cl)ccc1N(CC(=O)N(Cc1ccccc1)[C@H](C)C(=O)NC1CCCCC1)S(=O)(=O)c1ccccc1. The Bertz CT molecular complexity index is 1410. The Morgan fingerprint density at radius 1 is 0.950 bits per heavy atom. The van der Waals surface area contributed by atoms with E-state index in [0.29, 0.717) is 16.3 Å². The van der Waals surface area contributed by atoms with Gasteiger partial charge >= 0.3 is 0 Å². The quantitative estimate of drug-likeness (QED) is 0.332. The van der Waals surface area contributed by atoms with Crippen molar-refractivity contribution in [3.63, 3.8) is 0 Å². The zero-order valence-corrected chi connectivity index (χ0v) is 24.5. The van der Waals surface area contributed by atoms with Crippen molar-refractivity contribution in [3.05, 3.63) is 95.0 Å². The van der Waals surface area contributed by atoms with E-state index < -0.39 is 28.5 Å². The maximum absolute atomic E-state index is 14.0. The second kappa shape index (κ2) is 13.3. The summed E-state index contributed by atoms with van der Waals surface area (Å²) >= 11 is 6.17. The predicted molar refractivity (Wildman–Crippen MR) is 159 cm³/mol. The number of nitrogens with zero attached hydrogens (tertiary/aromatic N) is 2. The summed E-state index contributed by atoms with van der Waals surface area (Å²) in [4.78, 5) is 28.9. The number of anilines is 1. The molecule has 1 aliphatic rings. The van der Waals surface area contributed by atoms with Crippen molar-refractivity contribution in [1.29, 1.82) is 0 Å². The lowest BCUT2D eigenvalue weighted by molar-refractivity contribution is -0.139. The molecule has 0 saturated heterocycles. The van der Waals surface area contributed by atoms with E-state index >= 15 is 0 Å². The molecule has 1 saturated carbocycles. The van der Waals surface area contributed by atoms with Crippen LogP contribution in [-0.2, 0) is 26.2 Å². The first-order valence-electron chi connectivity index (χ1n) is 13.6. The summed E-state index contributed by atoms with van der Waals surface area (Å²) in [5, 5.41) is 3.58. The fourth-order valence-corrected chi connectivity index (χ4v) is 6.79. The third kappa shape index (κ3) is 7.23. The molecule has 1 N–H and O–H groups in total. The van der Waals surface area contributed by atoms with Crippen molar-refractivity contribution in [3.8, 4) is 0 Å². The fourth-order valence-electron chi connectivity index (χ4n) is 5.06. The average molecular weight is 582 g/mol. The molecule has 0 aliphatic heterocycles. The van der Waals surface area contributed by atoms with Crippen LogP contribution in [0.4, 0.5) is 5.69 Å². The first-order valence-corrected chi connectivity index (χ1v) is 15.5. The number of halogens is 1. The van der Waals surface area contributed by atoms with E-state index in [1.54, 1.807) is 50.2 Å². The number of sulfonamides is 1. The minimum absolute atomic E-state index is 0.0647. The van der Waals surface area contributed by atoms with Gasteiger partial charge in [0.25, 0.3) is 10.0 Å². The van der Waals surface area contributed by atoms with Crippen LogP contribution in [0.5, 0.6) is 0 Å². The molecule has 0 bridgehead atoms. The second-order valence-corrected chi connectivity index (χ2v) is 12.6. The molecule has 0 radical (unpaired) electrons. The van der Waals surface area contributed by atoms with Crippen LogP contribution in [-0.4, -0.2) is 43.8 Å². The zero-order valence-electron chi connectivity index (χ0n) is 22.9. The summed E-state index contributed by atoms with van der Waals surface area (Å²) in [7, 11) is -4.12. The fraction of sp³-hybridized carbons (Fsp3) is 0.355. The van der Waals surface area contributed by atoms with Gasteiger partial charge in [-0.2, -0.15) is 0 Å².